The van der Waals surface area contributed by atoms with Crippen LogP contribution in [-0.4, -0.2) is 10.2 Å². The molecule has 1 aromatic carbocycles. The number of hydrogen-bond acceptors (Lipinski definition) is 2. The summed E-state index contributed by atoms with van der Waals surface area (Å²) in [5, 5.41) is 10.2. The molecule has 0 aliphatic heterocycles. The Morgan fingerprint density at radius 1 is 1.31 bits per heavy atom. The number of aromatic amines is 1. The van der Waals surface area contributed by atoms with E-state index < -0.39 is 0 Å². The topological polar surface area (TPSA) is 40.7 Å². The number of nitrogens with one attached hydrogen (secondary N) is 2. The molecular formula is C13H17N3. The van der Waals surface area contributed by atoms with Gasteiger partial charge in [-0.25, -0.2) is 0 Å². The monoisotopic (exact) mass is 215 g/mol. The molecule has 0 saturated carbocycles. The molecule has 0 bridgehead atoms. The molecule has 16 heavy (non-hydrogen) atoms. The quantitative estimate of drug-likeness (QED) is 0.823. The van der Waals surface area contributed by atoms with E-state index in [9.17, 15) is 0 Å². The SMILES string of the molecule is Cc1ccc(C(C)NCc2cn[nH]c2)cc1. The number of aromatic nitrogens is 2. The Kier molecular flexibility index (Phi) is 3.37. The Morgan fingerprint density at radius 2 is 2.06 bits per heavy atom. The molecule has 0 aliphatic rings. The van der Waals surface area contributed by atoms with Crippen LogP contribution < -0.4 is 5.32 Å². The Bertz CT molecular complexity index is 417. The molecule has 2 rings (SSSR count). The van der Waals surface area contributed by atoms with Crippen LogP contribution in [0.15, 0.2) is 36.7 Å². The van der Waals surface area contributed by atoms with E-state index in [-0.39, 0.29) is 0 Å². The summed E-state index contributed by atoms with van der Waals surface area (Å²) in [4.78, 5) is 0. The molecule has 1 heterocycles. The van der Waals surface area contributed by atoms with Gasteiger partial charge in [0.1, 0.15) is 0 Å². The van der Waals surface area contributed by atoms with Crippen molar-refractivity contribution < 1.29 is 0 Å². The fraction of sp³-hybridized carbons (Fsp3) is 0.308. The summed E-state index contributed by atoms with van der Waals surface area (Å²) in [6, 6.07) is 8.98. The Hall–Kier alpha value is -1.61. The third kappa shape index (κ3) is 2.70. The summed E-state index contributed by atoms with van der Waals surface area (Å²) >= 11 is 0. The molecular weight excluding hydrogens is 198 g/mol. The smallest absolute Gasteiger partial charge is 0.0532 e. The van der Waals surface area contributed by atoms with Crippen molar-refractivity contribution in [3.8, 4) is 0 Å². The molecule has 1 aromatic heterocycles. The van der Waals surface area contributed by atoms with Crippen LogP contribution in [0, 0.1) is 6.92 Å². The van der Waals surface area contributed by atoms with Crippen LogP contribution in [0.3, 0.4) is 0 Å². The Morgan fingerprint density at radius 3 is 2.69 bits per heavy atom. The molecule has 0 saturated heterocycles. The molecule has 3 nitrogen and oxygen atoms in total. The molecule has 1 unspecified atom stereocenters. The number of H-pyrrole nitrogens is 1. The van der Waals surface area contributed by atoms with Crippen LogP contribution in [0.4, 0.5) is 0 Å². The lowest BCUT2D eigenvalue weighted by Crippen LogP contribution is -2.17. The third-order valence-electron chi connectivity index (χ3n) is 2.74. The van der Waals surface area contributed by atoms with E-state index in [4.69, 9.17) is 0 Å². The van der Waals surface area contributed by atoms with Gasteiger partial charge in [0.05, 0.1) is 6.20 Å². The first-order valence-corrected chi connectivity index (χ1v) is 5.53. The molecule has 2 N–H and O–H groups in total. The molecule has 0 radical (unpaired) electrons. The maximum absolute atomic E-state index is 3.92. The summed E-state index contributed by atoms with van der Waals surface area (Å²) < 4.78 is 0. The van der Waals surface area contributed by atoms with Crippen molar-refractivity contribution in [3.63, 3.8) is 0 Å². The van der Waals surface area contributed by atoms with Crippen LogP contribution >= 0.6 is 0 Å². The summed E-state index contributed by atoms with van der Waals surface area (Å²) in [6.07, 6.45) is 3.75. The standard InChI is InChI=1S/C13H17N3/c1-10-3-5-13(6-4-10)11(2)14-7-12-8-15-16-9-12/h3-6,8-9,11,14H,7H2,1-2H3,(H,15,16). The van der Waals surface area contributed by atoms with Crippen LogP contribution in [0.1, 0.15) is 29.7 Å². The normalized spacial score (nSPS) is 12.6. The van der Waals surface area contributed by atoms with Gasteiger partial charge in [0, 0.05) is 24.3 Å². The van der Waals surface area contributed by atoms with Crippen LogP contribution in [-0.2, 0) is 6.54 Å². The van der Waals surface area contributed by atoms with E-state index >= 15 is 0 Å². The second kappa shape index (κ2) is 4.94. The summed E-state index contributed by atoms with van der Waals surface area (Å²) in [6.45, 7) is 5.11. The van der Waals surface area contributed by atoms with Gasteiger partial charge in [-0.15, -0.1) is 0 Å². The zero-order chi connectivity index (χ0) is 11.4. The number of benzene rings is 1. The maximum Gasteiger partial charge on any atom is 0.0532 e. The van der Waals surface area contributed by atoms with E-state index in [0.29, 0.717) is 6.04 Å². The van der Waals surface area contributed by atoms with Gasteiger partial charge < -0.3 is 5.32 Å². The van der Waals surface area contributed by atoms with Gasteiger partial charge in [0.25, 0.3) is 0 Å². The highest BCUT2D eigenvalue weighted by atomic mass is 15.1. The molecule has 84 valence electrons. The lowest BCUT2D eigenvalue weighted by molar-refractivity contribution is 0.575. The Labute approximate surface area is 95.9 Å². The van der Waals surface area contributed by atoms with Crippen molar-refractivity contribution in [1.82, 2.24) is 15.5 Å². The minimum absolute atomic E-state index is 0.357. The second-order valence-corrected chi connectivity index (χ2v) is 4.12. The van der Waals surface area contributed by atoms with E-state index in [0.717, 1.165) is 6.54 Å². The van der Waals surface area contributed by atoms with Gasteiger partial charge in [0.15, 0.2) is 0 Å². The third-order valence-corrected chi connectivity index (χ3v) is 2.74. The summed E-state index contributed by atoms with van der Waals surface area (Å²) in [5.74, 6) is 0. The van der Waals surface area contributed by atoms with Gasteiger partial charge >= 0.3 is 0 Å². The van der Waals surface area contributed by atoms with E-state index in [1.54, 1.807) is 0 Å². The number of nitrogens with zero attached hydrogens (tertiary/aromatic N) is 1. The van der Waals surface area contributed by atoms with Crippen molar-refractivity contribution in [2.75, 3.05) is 0 Å². The first-order chi connectivity index (χ1) is 7.75. The highest BCUT2D eigenvalue weighted by molar-refractivity contribution is 5.23. The largest absolute Gasteiger partial charge is 0.306 e. The lowest BCUT2D eigenvalue weighted by Gasteiger charge is -2.13. The van der Waals surface area contributed by atoms with E-state index in [1.807, 2.05) is 12.4 Å². The molecule has 1 atom stereocenters. The lowest BCUT2D eigenvalue weighted by atomic mass is 10.1. The Balaban J connectivity index is 1.93. The maximum atomic E-state index is 3.92. The number of hydrogen-bond donors (Lipinski definition) is 2. The van der Waals surface area contributed by atoms with E-state index in [2.05, 4.69) is 53.6 Å². The van der Waals surface area contributed by atoms with Gasteiger partial charge in [-0.2, -0.15) is 5.10 Å². The van der Waals surface area contributed by atoms with Gasteiger partial charge in [-0.3, -0.25) is 5.10 Å². The van der Waals surface area contributed by atoms with Crippen LogP contribution in [0.2, 0.25) is 0 Å². The van der Waals surface area contributed by atoms with Crippen molar-refractivity contribution in [2.45, 2.75) is 26.4 Å². The average molecular weight is 215 g/mol. The molecule has 2 aromatic rings. The second-order valence-electron chi connectivity index (χ2n) is 4.12. The van der Waals surface area contributed by atoms with Gasteiger partial charge in [-0.05, 0) is 19.4 Å². The van der Waals surface area contributed by atoms with Crippen molar-refractivity contribution in [3.05, 3.63) is 53.3 Å². The fourth-order valence-corrected chi connectivity index (χ4v) is 1.62. The van der Waals surface area contributed by atoms with Gasteiger partial charge in [0.2, 0.25) is 0 Å². The molecule has 0 fully saturated rings. The van der Waals surface area contributed by atoms with Crippen molar-refractivity contribution in [1.29, 1.82) is 0 Å². The number of rotatable bonds is 4. The predicted molar refractivity (Wildman–Crippen MR) is 65.0 cm³/mol. The minimum Gasteiger partial charge on any atom is -0.306 e. The zero-order valence-corrected chi connectivity index (χ0v) is 9.70. The first kappa shape index (κ1) is 10.9. The van der Waals surface area contributed by atoms with E-state index in [1.165, 1.54) is 16.7 Å². The fourth-order valence-electron chi connectivity index (χ4n) is 1.62. The molecule has 0 spiro atoms. The van der Waals surface area contributed by atoms with Gasteiger partial charge in [-0.1, -0.05) is 29.8 Å². The zero-order valence-electron chi connectivity index (χ0n) is 9.70. The molecule has 3 heteroatoms. The molecule has 0 aliphatic carbocycles. The van der Waals surface area contributed by atoms with Crippen molar-refractivity contribution in [2.24, 2.45) is 0 Å². The predicted octanol–water partition coefficient (Wildman–Crippen LogP) is 2.57. The summed E-state index contributed by atoms with van der Waals surface area (Å²) in [7, 11) is 0. The minimum atomic E-state index is 0.357. The number of aryl methyl sites for hydroxylation is 1. The first-order valence-electron chi connectivity index (χ1n) is 5.53. The highest BCUT2D eigenvalue weighted by Gasteiger charge is 2.04. The molecule has 0 amide bonds. The average Bonchev–Trinajstić information content (AvgIpc) is 2.80. The van der Waals surface area contributed by atoms with Crippen LogP contribution in [0.25, 0.3) is 0 Å². The van der Waals surface area contributed by atoms with Crippen molar-refractivity contribution >= 4 is 0 Å². The highest BCUT2D eigenvalue weighted by Crippen LogP contribution is 2.13. The summed E-state index contributed by atoms with van der Waals surface area (Å²) in [5.41, 5.74) is 3.79. The van der Waals surface area contributed by atoms with Crippen LogP contribution in [0.5, 0.6) is 0 Å².